The number of benzene rings is 2. The number of rotatable bonds is 46. The van der Waals surface area contributed by atoms with Crippen LogP contribution >= 0.6 is 0 Å². The van der Waals surface area contributed by atoms with E-state index in [2.05, 4.69) is 69.2 Å². The van der Waals surface area contributed by atoms with Crippen molar-refractivity contribution < 1.29 is 278 Å². The van der Waals surface area contributed by atoms with Crippen molar-refractivity contribution >= 4 is 571 Å². The van der Waals surface area contributed by atoms with Crippen molar-refractivity contribution in [1.82, 2.24) is 0 Å². The molecule has 4 fully saturated rings. The van der Waals surface area contributed by atoms with E-state index in [4.69, 9.17) is 37.9 Å². The first-order chi connectivity index (χ1) is 54.0. The van der Waals surface area contributed by atoms with Gasteiger partial charge in [-0.1, -0.05) is 13.3 Å². The van der Waals surface area contributed by atoms with E-state index in [-0.39, 0.29) is 438 Å². The summed E-state index contributed by atoms with van der Waals surface area (Å²) < 4.78 is 581. The van der Waals surface area contributed by atoms with Crippen LogP contribution in [0.4, 0.5) is 11.4 Å². The Bertz CT molecular complexity index is 5310. The van der Waals surface area contributed by atoms with Gasteiger partial charge in [0.05, 0.1) is 32.6 Å². The van der Waals surface area contributed by atoms with Crippen molar-refractivity contribution in [2.24, 2.45) is 0 Å². The maximum absolute atomic E-state index is 12.6. The Balaban J connectivity index is -0.00000159. The second kappa shape index (κ2) is 67.0. The van der Waals surface area contributed by atoms with Crippen LogP contribution in [0.3, 0.4) is 0 Å². The van der Waals surface area contributed by atoms with Gasteiger partial charge in [-0.05, 0) is 55.0 Å². The molecule has 0 spiro atoms. The zero-order valence-corrected chi connectivity index (χ0v) is 111. The van der Waals surface area contributed by atoms with Gasteiger partial charge in [-0.15, -0.1) is 0 Å². The zero-order valence-electron chi connectivity index (χ0n) is 71.4. The van der Waals surface area contributed by atoms with E-state index in [0.29, 0.717) is 0 Å². The van der Waals surface area contributed by atoms with E-state index >= 15 is 0 Å². The molecule has 2 aromatic carbocycles. The van der Waals surface area contributed by atoms with Gasteiger partial charge in [-0.3, -0.25) is 63.7 Å². The molecule has 0 aromatic heterocycles. The minimum atomic E-state index is -6.32. The van der Waals surface area contributed by atoms with Crippen LogP contribution in [0.5, 0.6) is 11.5 Å². The third kappa shape index (κ3) is 63.1. The largest absolute Gasteiger partial charge is 0.462 e. The topological polar surface area (TPSA) is 988 Å². The summed E-state index contributed by atoms with van der Waals surface area (Å²) in [5, 5.41) is 5.86. The van der Waals surface area contributed by atoms with Gasteiger partial charge < -0.3 is 48.5 Å². The Labute approximate surface area is 1070 Å². The Morgan fingerprint density at radius 2 is 0.418 bits per heavy atom. The van der Waals surface area contributed by atoms with E-state index in [1.54, 1.807) is 6.92 Å². The molecular formula is C40H60N2Na14O64S14. The monoisotopic (exact) mass is 2360 g/mol. The van der Waals surface area contributed by atoms with Crippen LogP contribution in [0.2, 0.25) is 0 Å². The number of hydrogen-bond acceptors (Lipinski definition) is 52. The standard InChI is InChI=1S/C40H60N2O64S14.14Na/c1-2-3-24(41-16-4-8-18(9-5-16)89-37-33(103-117(73,74)75)29(99-113(61,62)63)25(20(91-37)12-85-107(43,44)45)95-39-35(105-119(79,80)81)31(101-115(67,68)69)27(97-111(55,56)57)22(93-39)14-87-109(49,50)51)42-17-6-10-19(11-7-17)90-38-34(104-118(76,77)78)30(100-114(64,65)66)26(21(92-38)13-86-108(46,47)48)96-40-36(106-120(82,83)84)32(102-116(70,71)72)28(98-112(58,59)60)23(94-40)15-88-110(52,53)54;;;;;;;;;;;;;;/h4-11,20-42H,2-3,12-15H2,1H3,(H,43,44,45)(H,46,47,48)(H,49,50,51)(H,52,53,54)(H,55,56,57)(H,58,59,60)(H,61,62,63)(H,64,65,66)(H,67,68,69)(H,70,71,72)(H,73,74,75)(H,76,77,78)(H,79,80,81)(H,82,83,84);;;;;;;;;;;;;;/t20-,21-,22-,23-,25-,26-,27-,28-,29+,30+,31+,32+,33-,34-,35-,36-,37-,38-,39-,40-;;;;;;;;;;;;;;/m1............../s1. The minimum Gasteiger partial charge on any atom is -0.462 e. The van der Waals surface area contributed by atoms with Gasteiger partial charge in [-0.2, -0.15) is 118 Å². The Morgan fingerprint density at radius 1 is 0.246 bits per heavy atom. The molecule has 0 aliphatic carbocycles. The van der Waals surface area contributed by atoms with E-state index < -0.39 is 313 Å². The average Bonchev–Trinajstić information content (AvgIpc) is 0.756. The van der Waals surface area contributed by atoms with Gasteiger partial charge in [0.2, 0.25) is 12.6 Å². The normalized spacial score (nSPS) is 26.0. The fraction of sp³-hybridized carbons (Fsp3) is 0.700. The van der Waals surface area contributed by atoms with Crippen molar-refractivity contribution in [3.63, 3.8) is 0 Å². The molecule has 4 aliphatic heterocycles. The van der Waals surface area contributed by atoms with E-state index in [1.807, 2.05) is 0 Å². The van der Waals surface area contributed by atoms with Crippen LogP contribution in [0.1, 0.15) is 19.8 Å². The summed E-state index contributed by atoms with van der Waals surface area (Å²) in [4.78, 5) is 0. The molecule has 712 valence electrons. The van der Waals surface area contributed by atoms with Gasteiger partial charge >= 0.3 is 146 Å². The predicted molar refractivity (Wildman–Crippen MR) is 439 cm³/mol. The van der Waals surface area contributed by atoms with Gasteiger partial charge in [0.1, 0.15) is 84.7 Å². The molecule has 6 rings (SSSR count). The molecular weight excluding hydrogens is 2300 g/mol. The van der Waals surface area contributed by atoms with E-state index in [1.165, 1.54) is 0 Å². The van der Waals surface area contributed by atoms with Gasteiger partial charge in [-0.25, -0.2) is 58.6 Å². The number of anilines is 2. The van der Waals surface area contributed by atoms with Crippen LogP contribution in [0.25, 0.3) is 0 Å². The number of hydrogen-bond donors (Lipinski definition) is 16. The first-order valence-corrected chi connectivity index (χ1v) is 49.2. The summed E-state index contributed by atoms with van der Waals surface area (Å²) in [6.07, 6.45) is -64.3. The quantitative estimate of drug-likeness (QED) is 0.0166. The minimum absolute atomic E-state index is 0. The second-order valence-corrected chi connectivity index (χ2v) is 37.9. The van der Waals surface area contributed by atoms with Gasteiger partial charge in [0.25, 0.3) is 0 Å². The third-order valence-corrected chi connectivity index (χ3v) is 20.7. The fourth-order valence-corrected chi connectivity index (χ4v) is 16.8. The van der Waals surface area contributed by atoms with Crippen molar-refractivity contribution in [2.75, 3.05) is 37.1 Å². The SMILES string of the molecule is CCCC(Nc1ccc(O[C@@H]2O[C@H](COS(=O)(=O)O)[C@@H](O[C@H]3O[C@H](COS(=O)(=O)O)[C@@H](OS(=O)(=O)O)[C@H](OS(=O)(=O)O)[C@H]3OS(=O)(=O)O)[C@H](OS(=O)(=O)O)[C@H]2OS(=O)(=O)O)cc1)Nc1ccc(O[C@@H]2O[C@H](COS(=O)(=O)O)[C@@H](O[C@H]3O[C@H](COS(=O)(=O)O)[C@@H](OS(=O)(=O)O)[C@H](OS(=O)(=O)O)[C@H]3OS(=O)(=O)O)[C@H](OS(=O)(=O)O)[C@H]2OS(=O)(=O)O)cc1.[Na].[Na].[Na].[Na].[Na].[Na].[Na].[Na].[Na].[Na].[Na].[Na].[Na].[Na]. The summed E-state index contributed by atoms with van der Waals surface area (Å²) in [5.74, 6) is -1.32. The van der Waals surface area contributed by atoms with E-state index in [9.17, 15) is 182 Å². The molecule has 0 amide bonds. The smallest absolute Gasteiger partial charge is 0.397 e. The molecule has 0 bridgehead atoms. The number of nitrogens with one attached hydrogen (secondary N) is 2. The molecule has 94 heteroatoms. The van der Waals surface area contributed by atoms with Gasteiger partial charge in [0.15, 0.2) is 37.0 Å². The molecule has 0 saturated carbocycles. The molecule has 2 aromatic rings. The van der Waals surface area contributed by atoms with Crippen LogP contribution in [-0.2, 0) is 233 Å². The van der Waals surface area contributed by atoms with E-state index in [0.717, 1.165) is 48.5 Å². The third-order valence-electron chi connectivity index (χ3n) is 14.3. The predicted octanol–water partition coefficient (Wildman–Crippen LogP) is -13.4. The maximum Gasteiger partial charge on any atom is 0.397 e. The second-order valence-electron chi connectivity index (χ2n) is 23.0. The Morgan fingerprint density at radius 3 is 0.612 bits per heavy atom. The molecule has 20 atom stereocenters. The molecule has 4 heterocycles. The zero-order chi connectivity index (χ0) is 91.3. The summed E-state index contributed by atoms with van der Waals surface area (Å²) in [6, 6.07) is 7.83. The molecule has 14 radical (unpaired) electrons. The molecule has 4 saturated heterocycles. The molecule has 66 nitrogen and oxygen atoms in total. The Kier molecular flexibility index (Phi) is 80.5. The van der Waals surface area contributed by atoms with Crippen molar-refractivity contribution in [3.05, 3.63) is 48.5 Å². The van der Waals surface area contributed by atoms with Crippen LogP contribution in [0.15, 0.2) is 48.5 Å². The van der Waals surface area contributed by atoms with Crippen molar-refractivity contribution in [2.45, 2.75) is 149 Å². The summed E-state index contributed by atoms with van der Waals surface area (Å²) in [5.41, 5.74) is -0.0298. The van der Waals surface area contributed by atoms with Crippen LogP contribution in [-0.4, -0.2) is 751 Å². The first-order valence-electron chi connectivity index (χ1n) is 30.1. The van der Waals surface area contributed by atoms with Crippen molar-refractivity contribution in [1.29, 1.82) is 0 Å². The average molecular weight is 2360 g/mol. The first kappa shape index (κ1) is 161. The fourth-order valence-electron chi connectivity index (χ4n) is 10.6. The molecule has 16 N–H and O–H groups in total. The molecule has 0 unspecified atom stereocenters. The van der Waals surface area contributed by atoms with Crippen molar-refractivity contribution in [3.8, 4) is 11.5 Å². The molecule has 134 heavy (non-hydrogen) atoms. The molecule has 4 aliphatic rings. The van der Waals surface area contributed by atoms with Crippen LogP contribution < -0.4 is 20.1 Å². The summed E-state index contributed by atoms with van der Waals surface area (Å²) in [6.45, 7) is -6.21. The number of ether oxygens (including phenoxy) is 8. The van der Waals surface area contributed by atoms with Crippen LogP contribution in [0, 0.1) is 0 Å². The Hall–Kier alpha value is 9.58. The van der Waals surface area contributed by atoms with Gasteiger partial charge in [0, 0.05) is 425 Å². The summed E-state index contributed by atoms with van der Waals surface area (Å²) in [7, 11) is -86.0. The maximum atomic E-state index is 12.6. The summed E-state index contributed by atoms with van der Waals surface area (Å²) >= 11 is 0.